The van der Waals surface area contributed by atoms with Gasteiger partial charge in [0.2, 0.25) is 11.8 Å². The molecule has 2 rings (SSSR count). The van der Waals surface area contributed by atoms with Crippen LogP contribution < -0.4 is 5.73 Å². The number of rotatable bonds is 4. The predicted octanol–water partition coefficient (Wildman–Crippen LogP) is 1.42. The first-order valence-electron chi connectivity index (χ1n) is 5.53. The fourth-order valence-corrected chi connectivity index (χ4v) is 1.45. The first-order chi connectivity index (χ1) is 8.69. The first kappa shape index (κ1) is 12.1. The van der Waals surface area contributed by atoms with E-state index in [1.165, 1.54) is 0 Å². The molecule has 0 unspecified atom stereocenters. The normalized spacial score (nSPS) is 10.3. The quantitative estimate of drug-likeness (QED) is 0.649. The fourth-order valence-electron chi connectivity index (χ4n) is 1.45. The Bertz CT molecular complexity index is 551. The molecule has 0 saturated carbocycles. The Labute approximate surface area is 104 Å². The van der Waals surface area contributed by atoms with Crippen molar-refractivity contribution in [1.29, 1.82) is 0 Å². The highest BCUT2D eigenvalue weighted by Gasteiger charge is 2.12. The van der Waals surface area contributed by atoms with Crippen LogP contribution in [0.2, 0.25) is 0 Å². The van der Waals surface area contributed by atoms with E-state index in [-0.39, 0.29) is 18.3 Å². The highest BCUT2D eigenvalue weighted by molar-refractivity contribution is 5.71. The summed E-state index contributed by atoms with van der Waals surface area (Å²) in [6.07, 6.45) is -0.0246. The van der Waals surface area contributed by atoms with E-state index >= 15 is 0 Å². The summed E-state index contributed by atoms with van der Waals surface area (Å²) in [6, 6.07) is 7.08. The maximum absolute atomic E-state index is 11.2. The molecular formula is C12H13N3O3. The molecule has 1 heterocycles. The minimum absolute atomic E-state index is 0.0246. The number of aromatic nitrogens is 2. The van der Waals surface area contributed by atoms with Gasteiger partial charge in [0.15, 0.2) is 0 Å². The van der Waals surface area contributed by atoms with E-state index in [9.17, 15) is 4.79 Å². The second-order valence-corrected chi connectivity index (χ2v) is 3.61. The van der Waals surface area contributed by atoms with Gasteiger partial charge in [-0.05, 0) is 25.1 Å². The molecule has 18 heavy (non-hydrogen) atoms. The van der Waals surface area contributed by atoms with Crippen LogP contribution in [-0.2, 0) is 16.0 Å². The predicted molar refractivity (Wildman–Crippen MR) is 64.5 cm³/mol. The summed E-state index contributed by atoms with van der Waals surface area (Å²) in [5.41, 5.74) is 6.99. The lowest BCUT2D eigenvalue weighted by Crippen LogP contribution is -2.07. The molecule has 2 N–H and O–H groups in total. The minimum atomic E-state index is -0.389. The second kappa shape index (κ2) is 5.31. The van der Waals surface area contributed by atoms with E-state index in [4.69, 9.17) is 14.9 Å². The monoisotopic (exact) mass is 247 g/mol. The van der Waals surface area contributed by atoms with Gasteiger partial charge in [-0.2, -0.15) is 0 Å². The number of anilines is 1. The number of nitrogen functional groups attached to an aromatic ring is 1. The van der Waals surface area contributed by atoms with Crippen LogP contribution in [0, 0.1) is 0 Å². The highest BCUT2D eigenvalue weighted by atomic mass is 16.5. The summed E-state index contributed by atoms with van der Waals surface area (Å²) >= 11 is 0. The van der Waals surface area contributed by atoms with Crippen LogP contribution in [0.3, 0.4) is 0 Å². The van der Waals surface area contributed by atoms with Crippen LogP contribution >= 0.6 is 0 Å². The minimum Gasteiger partial charge on any atom is -0.466 e. The van der Waals surface area contributed by atoms with Gasteiger partial charge in [-0.3, -0.25) is 4.79 Å². The molecule has 0 aliphatic heterocycles. The smallest absolute Gasteiger partial charge is 0.315 e. The molecule has 0 aliphatic rings. The van der Waals surface area contributed by atoms with Crippen molar-refractivity contribution in [2.24, 2.45) is 0 Å². The molecule has 1 aromatic carbocycles. The number of carbonyl (C=O) groups excluding carboxylic acids is 1. The Balaban J connectivity index is 2.13. The van der Waals surface area contributed by atoms with Crippen molar-refractivity contribution in [3.05, 3.63) is 30.2 Å². The Kier molecular flexibility index (Phi) is 3.57. The van der Waals surface area contributed by atoms with Gasteiger partial charge in [0.1, 0.15) is 6.42 Å². The SMILES string of the molecule is CCOC(=O)Cc1nnc(-c2cccc(N)c2)o1. The fraction of sp³-hybridized carbons (Fsp3) is 0.250. The van der Waals surface area contributed by atoms with Gasteiger partial charge in [-0.25, -0.2) is 0 Å². The van der Waals surface area contributed by atoms with Crippen molar-refractivity contribution in [3.8, 4) is 11.5 Å². The summed E-state index contributed by atoms with van der Waals surface area (Å²) in [5, 5.41) is 7.65. The lowest BCUT2D eigenvalue weighted by atomic mass is 10.2. The first-order valence-corrected chi connectivity index (χ1v) is 5.53. The van der Waals surface area contributed by atoms with E-state index in [2.05, 4.69) is 10.2 Å². The van der Waals surface area contributed by atoms with E-state index in [0.717, 1.165) is 5.56 Å². The molecule has 0 saturated heterocycles. The van der Waals surface area contributed by atoms with Crippen molar-refractivity contribution in [2.45, 2.75) is 13.3 Å². The average Bonchev–Trinajstić information content (AvgIpc) is 2.78. The molecule has 6 heteroatoms. The molecule has 0 bridgehead atoms. The van der Waals surface area contributed by atoms with Crippen molar-refractivity contribution >= 4 is 11.7 Å². The number of esters is 1. The van der Waals surface area contributed by atoms with Crippen LogP contribution in [0.15, 0.2) is 28.7 Å². The molecule has 0 radical (unpaired) electrons. The molecule has 0 amide bonds. The van der Waals surface area contributed by atoms with Gasteiger partial charge in [-0.15, -0.1) is 10.2 Å². The third-order valence-corrected chi connectivity index (χ3v) is 2.20. The Morgan fingerprint density at radius 1 is 1.44 bits per heavy atom. The van der Waals surface area contributed by atoms with Gasteiger partial charge in [0, 0.05) is 11.3 Å². The van der Waals surface area contributed by atoms with Crippen molar-refractivity contribution in [2.75, 3.05) is 12.3 Å². The standard InChI is InChI=1S/C12H13N3O3/c1-2-17-11(16)7-10-14-15-12(18-10)8-4-3-5-9(13)6-8/h3-6H,2,7,13H2,1H3. The molecule has 0 aliphatic carbocycles. The van der Waals surface area contributed by atoms with Crippen LogP contribution in [0.5, 0.6) is 0 Å². The van der Waals surface area contributed by atoms with E-state index in [0.29, 0.717) is 18.2 Å². The number of benzene rings is 1. The van der Waals surface area contributed by atoms with Crippen molar-refractivity contribution < 1.29 is 13.9 Å². The maximum atomic E-state index is 11.2. The summed E-state index contributed by atoms with van der Waals surface area (Å²) < 4.78 is 10.2. The lowest BCUT2D eigenvalue weighted by Gasteiger charge is -1.97. The topological polar surface area (TPSA) is 91.2 Å². The maximum Gasteiger partial charge on any atom is 0.315 e. The molecular weight excluding hydrogens is 234 g/mol. The van der Waals surface area contributed by atoms with Gasteiger partial charge < -0.3 is 14.9 Å². The summed E-state index contributed by atoms with van der Waals surface area (Å²) in [7, 11) is 0. The third kappa shape index (κ3) is 2.85. The number of hydrogen-bond donors (Lipinski definition) is 1. The van der Waals surface area contributed by atoms with E-state index in [1.54, 1.807) is 31.2 Å². The van der Waals surface area contributed by atoms with Crippen molar-refractivity contribution in [3.63, 3.8) is 0 Å². The molecule has 2 aromatic rings. The molecule has 0 spiro atoms. The Morgan fingerprint density at radius 2 is 2.28 bits per heavy atom. The second-order valence-electron chi connectivity index (χ2n) is 3.61. The molecule has 1 aromatic heterocycles. The number of hydrogen-bond acceptors (Lipinski definition) is 6. The zero-order valence-corrected chi connectivity index (χ0v) is 9.92. The highest BCUT2D eigenvalue weighted by Crippen LogP contribution is 2.20. The van der Waals surface area contributed by atoms with Crippen LogP contribution in [0.1, 0.15) is 12.8 Å². The number of ether oxygens (including phenoxy) is 1. The number of carbonyl (C=O) groups is 1. The van der Waals surface area contributed by atoms with Gasteiger partial charge in [-0.1, -0.05) is 6.07 Å². The zero-order chi connectivity index (χ0) is 13.0. The number of nitrogens with two attached hydrogens (primary N) is 1. The third-order valence-electron chi connectivity index (χ3n) is 2.20. The summed E-state index contributed by atoms with van der Waals surface area (Å²) in [5.74, 6) is 0.174. The van der Waals surface area contributed by atoms with Crippen LogP contribution in [0.4, 0.5) is 5.69 Å². The van der Waals surface area contributed by atoms with E-state index < -0.39 is 0 Å². The Hall–Kier alpha value is -2.37. The lowest BCUT2D eigenvalue weighted by molar-refractivity contribution is -0.142. The van der Waals surface area contributed by atoms with Crippen LogP contribution in [0.25, 0.3) is 11.5 Å². The van der Waals surface area contributed by atoms with Crippen LogP contribution in [-0.4, -0.2) is 22.8 Å². The molecule has 0 atom stereocenters. The molecule has 0 fully saturated rings. The van der Waals surface area contributed by atoms with Crippen molar-refractivity contribution in [1.82, 2.24) is 10.2 Å². The van der Waals surface area contributed by atoms with Gasteiger partial charge in [0.05, 0.1) is 6.61 Å². The number of nitrogens with zero attached hydrogens (tertiary/aromatic N) is 2. The zero-order valence-electron chi connectivity index (χ0n) is 9.92. The average molecular weight is 247 g/mol. The summed E-state index contributed by atoms with van der Waals surface area (Å²) in [4.78, 5) is 11.2. The molecule has 6 nitrogen and oxygen atoms in total. The Morgan fingerprint density at radius 3 is 3.00 bits per heavy atom. The molecule has 94 valence electrons. The largest absolute Gasteiger partial charge is 0.466 e. The van der Waals surface area contributed by atoms with Gasteiger partial charge in [0.25, 0.3) is 0 Å². The van der Waals surface area contributed by atoms with Gasteiger partial charge >= 0.3 is 5.97 Å². The van der Waals surface area contributed by atoms with E-state index in [1.807, 2.05) is 0 Å². The summed E-state index contributed by atoms with van der Waals surface area (Å²) in [6.45, 7) is 2.07.